The van der Waals surface area contributed by atoms with E-state index >= 15 is 0 Å². The maximum atomic E-state index is 10.5. The lowest BCUT2D eigenvalue weighted by Gasteiger charge is -2.05. The summed E-state index contributed by atoms with van der Waals surface area (Å²) in [5.74, 6) is 1.11. The van der Waals surface area contributed by atoms with E-state index in [-0.39, 0.29) is 5.69 Å². The van der Waals surface area contributed by atoms with Crippen LogP contribution in [-0.2, 0) is 0 Å². The van der Waals surface area contributed by atoms with Gasteiger partial charge in [-0.3, -0.25) is 10.1 Å². The number of aromatic nitrogens is 3. The van der Waals surface area contributed by atoms with Crippen LogP contribution in [0.1, 0.15) is 0 Å². The number of nitrogens with zero attached hydrogens (tertiary/aromatic N) is 4. The van der Waals surface area contributed by atoms with Crippen LogP contribution in [0.5, 0.6) is 11.5 Å². The fourth-order valence-corrected chi connectivity index (χ4v) is 1.63. The molecule has 1 aromatic carbocycles. The molecule has 0 aliphatic carbocycles. The predicted octanol–water partition coefficient (Wildman–Crippen LogP) is 2.43. The Hall–Kier alpha value is -2.96. The second kappa shape index (κ2) is 4.37. The van der Waals surface area contributed by atoms with Crippen LogP contribution >= 0.6 is 0 Å². The van der Waals surface area contributed by atoms with Gasteiger partial charge in [0.1, 0.15) is 17.8 Å². The van der Waals surface area contributed by atoms with Crippen molar-refractivity contribution in [1.29, 1.82) is 0 Å². The number of hydrogen-bond acceptors (Lipinski definition) is 5. The second-order valence-electron chi connectivity index (χ2n) is 3.78. The van der Waals surface area contributed by atoms with Crippen molar-refractivity contribution in [1.82, 2.24) is 14.6 Å². The van der Waals surface area contributed by atoms with Crippen LogP contribution in [0.15, 0.2) is 48.9 Å². The molecule has 2 heterocycles. The first-order valence-electron chi connectivity index (χ1n) is 5.44. The highest BCUT2D eigenvalue weighted by Crippen LogP contribution is 2.24. The molecule has 0 saturated carbocycles. The molecule has 0 amide bonds. The quantitative estimate of drug-likeness (QED) is 0.531. The van der Waals surface area contributed by atoms with E-state index in [1.165, 1.54) is 18.5 Å². The van der Waals surface area contributed by atoms with Crippen LogP contribution in [0.25, 0.3) is 5.65 Å². The van der Waals surface area contributed by atoms with E-state index in [1.807, 2.05) is 0 Å². The maximum Gasteiger partial charge on any atom is 0.269 e. The van der Waals surface area contributed by atoms with E-state index in [0.29, 0.717) is 17.1 Å². The number of pyridine rings is 1. The van der Waals surface area contributed by atoms with Crippen LogP contribution in [0.2, 0.25) is 0 Å². The van der Waals surface area contributed by atoms with Crippen molar-refractivity contribution in [3.63, 3.8) is 0 Å². The minimum atomic E-state index is -0.452. The third kappa shape index (κ3) is 2.21. The van der Waals surface area contributed by atoms with Gasteiger partial charge in [0, 0.05) is 24.4 Å². The largest absolute Gasteiger partial charge is 0.457 e. The zero-order valence-electron chi connectivity index (χ0n) is 9.63. The molecule has 0 aliphatic rings. The number of ether oxygens (including phenoxy) is 1. The number of benzene rings is 1. The molecule has 0 unspecified atom stereocenters. The van der Waals surface area contributed by atoms with Gasteiger partial charge in [-0.1, -0.05) is 0 Å². The molecule has 2 aromatic heterocycles. The minimum Gasteiger partial charge on any atom is -0.457 e. The molecular formula is C12H8N4O3. The molecule has 0 fully saturated rings. The van der Waals surface area contributed by atoms with E-state index < -0.39 is 4.92 Å². The number of hydrogen-bond donors (Lipinski definition) is 0. The van der Waals surface area contributed by atoms with Gasteiger partial charge >= 0.3 is 0 Å². The van der Waals surface area contributed by atoms with Crippen molar-refractivity contribution >= 4 is 11.3 Å². The average Bonchev–Trinajstić information content (AvgIpc) is 2.87. The van der Waals surface area contributed by atoms with Crippen molar-refractivity contribution in [2.24, 2.45) is 0 Å². The maximum absolute atomic E-state index is 10.5. The number of non-ortho nitro benzene ring substituents is 1. The third-order valence-electron chi connectivity index (χ3n) is 2.54. The van der Waals surface area contributed by atoms with Gasteiger partial charge in [-0.05, 0) is 18.2 Å². The zero-order chi connectivity index (χ0) is 13.2. The molecule has 0 aliphatic heterocycles. The van der Waals surface area contributed by atoms with Gasteiger partial charge in [0.15, 0.2) is 5.65 Å². The van der Waals surface area contributed by atoms with Gasteiger partial charge in [-0.15, -0.1) is 0 Å². The Kier molecular flexibility index (Phi) is 2.57. The molecule has 3 rings (SSSR count). The normalized spacial score (nSPS) is 10.5. The Balaban J connectivity index is 1.85. The van der Waals surface area contributed by atoms with E-state index in [4.69, 9.17) is 4.74 Å². The molecular weight excluding hydrogens is 248 g/mol. The molecule has 94 valence electrons. The third-order valence-corrected chi connectivity index (χ3v) is 2.54. The predicted molar refractivity (Wildman–Crippen MR) is 66.2 cm³/mol. The Morgan fingerprint density at radius 3 is 2.68 bits per heavy atom. The SMILES string of the molecule is O=[N+]([O-])c1ccc(Oc2ccn3ncnc3c2)cc1. The summed E-state index contributed by atoms with van der Waals surface area (Å²) in [6, 6.07) is 9.35. The Labute approximate surface area is 107 Å². The van der Waals surface area contributed by atoms with E-state index in [9.17, 15) is 10.1 Å². The number of rotatable bonds is 3. The molecule has 7 heteroatoms. The monoisotopic (exact) mass is 256 g/mol. The summed E-state index contributed by atoms with van der Waals surface area (Å²) < 4.78 is 7.20. The molecule has 0 bridgehead atoms. The van der Waals surface area contributed by atoms with Crippen molar-refractivity contribution in [2.75, 3.05) is 0 Å². The van der Waals surface area contributed by atoms with Crippen LogP contribution in [0.3, 0.4) is 0 Å². The lowest BCUT2D eigenvalue weighted by molar-refractivity contribution is -0.384. The highest BCUT2D eigenvalue weighted by molar-refractivity contribution is 5.45. The smallest absolute Gasteiger partial charge is 0.269 e. The van der Waals surface area contributed by atoms with Crippen molar-refractivity contribution in [3.05, 3.63) is 59.0 Å². The summed E-state index contributed by atoms with van der Waals surface area (Å²) in [6.45, 7) is 0. The van der Waals surface area contributed by atoms with Crippen molar-refractivity contribution in [3.8, 4) is 11.5 Å². The lowest BCUT2D eigenvalue weighted by Crippen LogP contribution is -1.90. The molecule has 0 atom stereocenters. The summed E-state index contributed by atoms with van der Waals surface area (Å²) in [5.41, 5.74) is 0.694. The molecule has 0 N–H and O–H groups in total. The summed E-state index contributed by atoms with van der Waals surface area (Å²) in [6.07, 6.45) is 3.17. The Morgan fingerprint density at radius 2 is 1.95 bits per heavy atom. The van der Waals surface area contributed by atoms with Gasteiger partial charge in [-0.25, -0.2) is 9.50 Å². The highest BCUT2D eigenvalue weighted by atomic mass is 16.6. The lowest BCUT2D eigenvalue weighted by atomic mass is 10.3. The standard InChI is InChI=1S/C12H8N4O3/c17-16(18)9-1-3-10(4-2-9)19-11-5-6-15-12(7-11)13-8-14-15/h1-8H. The topological polar surface area (TPSA) is 82.6 Å². The van der Waals surface area contributed by atoms with Gasteiger partial charge in [0.2, 0.25) is 0 Å². The fraction of sp³-hybridized carbons (Fsp3) is 0. The van der Waals surface area contributed by atoms with Crippen LogP contribution in [0, 0.1) is 10.1 Å². The van der Waals surface area contributed by atoms with E-state index in [1.54, 1.807) is 35.0 Å². The van der Waals surface area contributed by atoms with Crippen LogP contribution < -0.4 is 4.74 Å². The Bertz CT molecular complexity index is 736. The minimum absolute atomic E-state index is 0.0280. The molecule has 19 heavy (non-hydrogen) atoms. The summed E-state index contributed by atoms with van der Waals surface area (Å²) in [5, 5.41) is 14.5. The number of nitro benzene ring substituents is 1. The first kappa shape index (κ1) is 11.1. The highest BCUT2D eigenvalue weighted by Gasteiger charge is 2.05. The van der Waals surface area contributed by atoms with Crippen LogP contribution in [0.4, 0.5) is 5.69 Å². The summed E-state index contributed by atoms with van der Waals surface area (Å²) in [4.78, 5) is 14.1. The summed E-state index contributed by atoms with van der Waals surface area (Å²) in [7, 11) is 0. The number of nitro groups is 1. The first-order valence-corrected chi connectivity index (χ1v) is 5.44. The molecule has 7 nitrogen and oxygen atoms in total. The molecule has 0 radical (unpaired) electrons. The van der Waals surface area contributed by atoms with Gasteiger partial charge < -0.3 is 4.74 Å². The van der Waals surface area contributed by atoms with Crippen molar-refractivity contribution < 1.29 is 9.66 Å². The Morgan fingerprint density at radius 1 is 1.16 bits per heavy atom. The second-order valence-corrected chi connectivity index (χ2v) is 3.78. The molecule has 3 aromatic rings. The van der Waals surface area contributed by atoms with Crippen LogP contribution in [-0.4, -0.2) is 19.5 Å². The summed E-state index contributed by atoms with van der Waals surface area (Å²) >= 11 is 0. The van der Waals surface area contributed by atoms with Gasteiger partial charge in [0.25, 0.3) is 5.69 Å². The zero-order valence-corrected chi connectivity index (χ0v) is 9.63. The van der Waals surface area contributed by atoms with Gasteiger partial charge in [-0.2, -0.15) is 5.10 Å². The van der Waals surface area contributed by atoms with E-state index in [0.717, 1.165) is 0 Å². The average molecular weight is 256 g/mol. The van der Waals surface area contributed by atoms with Gasteiger partial charge in [0.05, 0.1) is 4.92 Å². The molecule has 0 spiro atoms. The molecule has 0 saturated heterocycles. The van der Waals surface area contributed by atoms with E-state index in [2.05, 4.69) is 10.1 Å². The first-order chi connectivity index (χ1) is 9.22. The number of fused-ring (bicyclic) bond motifs is 1. The van der Waals surface area contributed by atoms with Crippen molar-refractivity contribution in [2.45, 2.75) is 0 Å². The fourth-order valence-electron chi connectivity index (χ4n) is 1.63.